The summed E-state index contributed by atoms with van der Waals surface area (Å²) in [6.45, 7) is 7.26. The smallest absolute Gasteiger partial charge is 0.348 e. The van der Waals surface area contributed by atoms with Crippen molar-refractivity contribution >= 4 is 33.4 Å². The Bertz CT molecular complexity index is 1150. The number of ether oxygens (including phenoxy) is 2. The van der Waals surface area contributed by atoms with Gasteiger partial charge in [0.1, 0.15) is 35.2 Å². The summed E-state index contributed by atoms with van der Waals surface area (Å²) < 4.78 is 12.2. The van der Waals surface area contributed by atoms with Gasteiger partial charge in [-0.15, -0.1) is 11.3 Å². The summed E-state index contributed by atoms with van der Waals surface area (Å²) >= 11 is 1.12. The van der Waals surface area contributed by atoms with Gasteiger partial charge in [-0.2, -0.15) is 0 Å². The predicted octanol–water partition coefficient (Wildman–Crippen LogP) is 3.65. The lowest BCUT2D eigenvalue weighted by atomic mass is 10.2. The highest BCUT2D eigenvalue weighted by molar-refractivity contribution is 7.20. The van der Waals surface area contributed by atoms with E-state index in [1.807, 2.05) is 44.2 Å². The van der Waals surface area contributed by atoms with Crippen molar-refractivity contribution in [1.29, 1.82) is 0 Å². The fourth-order valence-corrected chi connectivity index (χ4v) is 4.52. The first-order chi connectivity index (χ1) is 16.0. The molecule has 1 aromatic carbocycles. The molecule has 0 aliphatic heterocycles. The maximum Gasteiger partial charge on any atom is 0.348 e. The van der Waals surface area contributed by atoms with Crippen LogP contribution in [0, 0.1) is 6.92 Å². The van der Waals surface area contributed by atoms with E-state index in [1.165, 1.54) is 10.9 Å². The van der Waals surface area contributed by atoms with Crippen LogP contribution in [-0.2, 0) is 16.1 Å². The third kappa shape index (κ3) is 5.98. The Labute approximate surface area is 196 Å². The number of esters is 1. The number of nitrogens with zero attached hydrogens (tertiary/aromatic N) is 3. The number of para-hydroxylation sites is 1. The van der Waals surface area contributed by atoms with Crippen molar-refractivity contribution in [3.05, 3.63) is 57.5 Å². The third-order valence-electron chi connectivity index (χ3n) is 5.08. The molecule has 2 heterocycles. The Morgan fingerprint density at radius 1 is 1.09 bits per heavy atom. The molecule has 0 aliphatic carbocycles. The highest BCUT2D eigenvalue weighted by Gasteiger charge is 2.22. The van der Waals surface area contributed by atoms with Crippen LogP contribution in [0.25, 0.3) is 10.2 Å². The van der Waals surface area contributed by atoms with Gasteiger partial charge in [0.05, 0.1) is 11.7 Å². The van der Waals surface area contributed by atoms with Crippen molar-refractivity contribution < 1.29 is 19.1 Å². The van der Waals surface area contributed by atoms with Crippen molar-refractivity contribution in [3.8, 4) is 5.75 Å². The minimum atomic E-state index is -0.522. The molecule has 8 nitrogen and oxygen atoms in total. The Hall–Kier alpha value is -3.20. The minimum absolute atomic E-state index is 0.0757. The van der Waals surface area contributed by atoms with Gasteiger partial charge in [-0.25, -0.2) is 9.78 Å². The molecule has 0 atom stereocenters. The number of carbonyl (C=O) groups excluding carboxylic acids is 2. The monoisotopic (exact) mass is 471 g/mol. The summed E-state index contributed by atoms with van der Waals surface area (Å²) in [6, 6.07) is 9.26. The van der Waals surface area contributed by atoms with E-state index in [4.69, 9.17) is 9.47 Å². The molecule has 0 fully saturated rings. The first-order valence-corrected chi connectivity index (χ1v) is 11.9. The van der Waals surface area contributed by atoms with Crippen LogP contribution in [0.15, 0.2) is 41.5 Å². The molecule has 3 rings (SSSR count). The molecule has 2 aromatic heterocycles. The van der Waals surface area contributed by atoms with Crippen LogP contribution in [0.2, 0.25) is 0 Å². The van der Waals surface area contributed by atoms with E-state index in [-0.39, 0.29) is 31.2 Å². The molecule has 1 amide bonds. The molecule has 0 unspecified atom stereocenters. The fourth-order valence-electron chi connectivity index (χ4n) is 3.49. The number of hydrogen-bond acceptors (Lipinski definition) is 7. The van der Waals surface area contributed by atoms with Crippen molar-refractivity contribution in [2.45, 2.75) is 40.2 Å². The van der Waals surface area contributed by atoms with Gasteiger partial charge < -0.3 is 14.4 Å². The van der Waals surface area contributed by atoms with E-state index >= 15 is 0 Å². The Kier molecular flexibility index (Phi) is 8.59. The summed E-state index contributed by atoms with van der Waals surface area (Å²) in [4.78, 5) is 45.2. The van der Waals surface area contributed by atoms with Gasteiger partial charge in [0.25, 0.3) is 5.56 Å². The molecule has 0 spiro atoms. The number of carbonyl (C=O) groups is 2. The van der Waals surface area contributed by atoms with E-state index in [9.17, 15) is 14.4 Å². The molecule has 0 saturated carbocycles. The predicted molar refractivity (Wildman–Crippen MR) is 128 cm³/mol. The number of aryl methyl sites for hydroxylation is 1. The average molecular weight is 472 g/mol. The second-order valence-electron chi connectivity index (χ2n) is 7.59. The summed E-state index contributed by atoms with van der Waals surface area (Å²) in [6.07, 6.45) is 3.07. The van der Waals surface area contributed by atoms with Crippen LogP contribution in [0.4, 0.5) is 0 Å². The zero-order chi connectivity index (χ0) is 23.8. The van der Waals surface area contributed by atoms with E-state index in [0.29, 0.717) is 39.5 Å². The third-order valence-corrected chi connectivity index (χ3v) is 6.26. The number of fused-ring (bicyclic) bond motifs is 1. The Morgan fingerprint density at radius 3 is 2.45 bits per heavy atom. The summed E-state index contributed by atoms with van der Waals surface area (Å²) in [5.41, 5.74) is 0.184. The molecule has 0 radical (unpaired) electrons. The highest BCUT2D eigenvalue weighted by atomic mass is 32.1. The minimum Gasteiger partial charge on any atom is -0.490 e. The second-order valence-corrected chi connectivity index (χ2v) is 8.59. The maximum atomic E-state index is 13.1. The topological polar surface area (TPSA) is 90.7 Å². The molecule has 0 saturated heterocycles. The van der Waals surface area contributed by atoms with E-state index in [0.717, 1.165) is 24.2 Å². The number of aromatic nitrogens is 2. The average Bonchev–Trinajstić information content (AvgIpc) is 3.16. The number of hydrogen-bond donors (Lipinski definition) is 0. The molecule has 3 aromatic rings. The van der Waals surface area contributed by atoms with E-state index in [2.05, 4.69) is 4.98 Å². The van der Waals surface area contributed by atoms with E-state index < -0.39 is 5.97 Å². The molecule has 176 valence electrons. The van der Waals surface area contributed by atoms with Crippen LogP contribution in [0.3, 0.4) is 0 Å². The Morgan fingerprint density at radius 2 is 1.79 bits per heavy atom. The molecule has 0 bridgehead atoms. The second kappa shape index (κ2) is 11.6. The molecule has 33 heavy (non-hydrogen) atoms. The van der Waals surface area contributed by atoms with Gasteiger partial charge in [0.15, 0.2) is 0 Å². The number of amides is 1. The van der Waals surface area contributed by atoms with Crippen molar-refractivity contribution in [3.63, 3.8) is 0 Å². The SMILES string of the molecule is CCCN(CCC)C(=O)Cn1cnc2sc(C(=O)OCCOc3ccccc3)c(C)c2c1=O. The zero-order valence-electron chi connectivity index (χ0n) is 19.2. The molecular formula is C24H29N3O5S. The quantitative estimate of drug-likeness (QED) is 0.313. The number of thiophene rings is 1. The normalized spacial score (nSPS) is 10.9. The standard InChI is InChI=1S/C24H29N3O5S/c1-4-11-26(12-5-2)19(28)15-27-16-25-22-20(23(27)29)17(3)21(33-22)24(30)32-14-13-31-18-9-7-6-8-10-18/h6-10,16H,4-5,11-15H2,1-3H3. The lowest BCUT2D eigenvalue weighted by Gasteiger charge is -2.21. The molecule has 9 heteroatoms. The number of rotatable bonds is 11. The van der Waals surface area contributed by atoms with Gasteiger partial charge in [-0.05, 0) is 37.5 Å². The largest absolute Gasteiger partial charge is 0.490 e. The van der Waals surface area contributed by atoms with Crippen LogP contribution < -0.4 is 10.3 Å². The van der Waals surface area contributed by atoms with Crippen LogP contribution in [0.5, 0.6) is 5.75 Å². The lowest BCUT2D eigenvalue weighted by molar-refractivity contribution is -0.132. The van der Waals surface area contributed by atoms with Crippen molar-refractivity contribution in [1.82, 2.24) is 14.5 Å². The maximum absolute atomic E-state index is 13.1. The molecular weight excluding hydrogens is 442 g/mol. The first kappa shape index (κ1) is 24.4. The summed E-state index contributed by atoms with van der Waals surface area (Å²) in [7, 11) is 0. The van der Waals surface area contributed by atoms with Crippen LogP contribution in [0.1, 0.15) is 41.9 Å². The van der Waals surface area contributed by atoms with Crippen molar-refractivity contribution in [2.24, 2.45) is 0 Å². The van der Waals surface area contributed by atoms with Gasteiger partial charge in [0.2, 0.25) is 5.91 Å². The molecule has 0 N–H and O–H groups in total. The zero-order valence-corrected chi connectivity index (χ0v) is 20.0. The van der Waals surface area contributed by atoms with Gasteiger partial charge in [0, 0.05) is 13.1 Å². The van der Waals surface area contributed by atoms with Gasteiger partial charge in [-0.3, -0.25) is 14.2 Å². The van der Waals surface area contributed by atoms with Crippen LogP contribution in [-0.4, -0.2) is 52.6 Å². The Balaban J connectivity index is 1.70. The van der Waals surface area contributed by atoms with Gasteiger partial charge in [-0.1, -0.05) is 32.0 Å². The van der Waals surface area contributed by atoms with Crippen molar-refractivity contribution in [2.75, 3.05) is 26.3 Å². The lowest BCUT2D eigenvalue weighted by Crippen LogP contribution is -2.37. The van der Waals surface area contributed by atoms with E-state index in [1.54, 1.807) is 11.8 Å². The summed E-state index contributed by atoms with van der Waals surface area (Å²) in [5.74, 6) is 0.0569. The molecule has 0 aliphatic rings. The number of benzene rings is 1. The van der Waals surface area contributed by atoms with Gasteiger partial charge >= 0.3 is 5.97 Å². The van der Waals surface area contributed by atoms with Crippen LogP contribution >= 0.6 is 11.3 Å². The fraction of sp³-hybridized carbons (Fsp3) is 0.417. The first-order valence-electron chi connectivity index (χ1n) is 11.1. The highest BCUT2D eigenvalue weighted by Crippen LogP contribution is 2.27. The summed E-state index contributed by atoms with van der Waals surface area (Å²) in [5, 5.41) is 0.348.